The summed E-state index contributed by atoms with van der Waals surface area (Å²) in [6, 6.07) is 13.3. The first-order chi connectivity index (χ1) is 12.8. The molecule has 26 heavy (non-hydrogen) atoms. The summed E-state index contributed by atoms with van der Waals surface area (Å²) in [5.74, 6) is 1.58. The van der Waals surface area contributed by atoms with Crippen LogP contribution in [0.5, 0.6) is 0 Å². The number of imidazole rings is 1. The highest BCUT2D eigenvalue weighted by Gasteiger charge is 2.26. The molecule has 0 bridgehead atoms. The number of aromatic nitrogens is 3. The summed E-state index contributed by atoms with van der Waals surface area (Å²) < 4.78 is 5.41. The number of hydrogen-bond acceptors (Lipinski definition) is 5. The minimum atomic E-state index is -0.215. The molecule has 0 radical (unpaired) electrons. The smallest absolute Gasteiger partial charge is 0.259 e. The third-order valence-electron chi connectivity index (χ3n) is 4.20. The number of hydrogen-bond donors (Lipinski definition) is 3. The number of carbonyl (C=O) groups excluding carboxylic acids is 1. The average Bonchev–Trinajstić information content (AvgIpc) is 3.37. The van der Waals surface area contributed by atoms with Crippen LogP contribution in [0.4, 0.5) is 11.8 Å². The van der Waals surface area contributed by atoms with Crippen molar-refractivity contribution in [2.45, 2.75) is 0 Å². The van der Waals surface area contributed by atoms with E-state index in [9.17, 15) is 4.79 Å². The van der Waals surface area contributed by atoms with E-state index in [1.165, 1.54) is 0 Å². The number of rotatable bonds is 3. The molecule has 5 rings (SSSR count). The first-order valence-electron chi connectivity index (χ1n) is 8.05. The Morgan fingerprint density at radius 3 is 2.92 bits per heavy atom. The lowest BCUT2D eigenvalue weighted by Gasteiger charge is -2.02. The molecule has 7 nitrogen and oxygen atoms in total. The molecule has 0 atom stereocenters. The second kappa shape index (κ2) is 5.59. The Bertz CT molecular complexity index is 1120. The van der Waals surface area contributed by atoms with E-state index in [1.54, 1.807) is 18.7 Å². The third kappa shape index (κ3) is 2.34. The molecule has 0 saturated carbocycles. The van der Waals surface area contributed by atoms with Gasteiger partial charge in [0.15, 0.2) is 0 Å². The number of amides is 1. The van der Waals surface area contributed by atoms with E-state index in [0.29, 0.717) is 28.7 Å². The molecule has 1 aliphatic heterocycles. The van der Waals surface area contributed by atoms with Gasteiger partial charge in [-0.3, -0.25) is 4.79 Å². The number of benzene rings is 1. The van der Waals surface area contributed by atoms with Gasteiger partial charge in [-0.25, -0.2) is 9.97 Å². The Balaban J connectivity index is 1.50. The maximum atomic E-state index is 12.3. The van der Waals surface area contributed by atoms with Crippen molar-refractivity contribution in [1.29, 1.82) is 0 Å². The summed E-state index contributed by atoms with van der Waals surface area (Å²) in [4.78, 5) is 24.2. The standard InChI is InChI=1S/C19H13N5O2/c25-18-13(10-21-19-22-14-4-1-2-5-15(14)23-19)12-8-11(9-20-17(12)24-18)16-6-3-7-26-16/h1-10H,(H,20,24,25)(H2,21,22,23). The Morgan fingerprint density at radius 2 is 2.08 bits per heavy atom. The van der Waals surface area contributed by atoms with Gasteiger partial charge in [-0.1, -0.05) is 12.1 Å². The number of para-hydroxylation sites is 2. The summed E-state index contributed by atoms with van der Waals surface area (Å²) in [5, 5.41) is 5.82. The molecule has 0 aliphatic carbocycles. The van der Waals surface area contributed by atoms with Crippen molar-refractivity contribution < 1.29 is 9.21 Å². The second-order valence-electron chi connectivity index (χ2n) is 5.86. The fourth-order valence-corrected chi connectivity index (χ4v) is 2.95. The van der Waals surface area contributed by atoms with Crippen molar-refractivity contribution in [2.24, 2.45) is 0 Å². The zero-order valence-electron chi connectivity index (χ0n) is 13.5. The van der Waals surface area contributed by atoms with Crippen LogP contribution in [0.15, 0.2) is 65.5 Å². The van der Waals surface area contributed by atoms with Gasteiger partial charge >= 0.3 is 0 Å². The summed E-state index contributed by atoms with van der Waals surface area (Å²) >= 11 is 0. The van der Waals surface area contributed by atoms with E-state index < -0.39 is 0 Å². The van der Waals surface area contributed by atoms with E-state index in [-0.39, 0.29) is 5.91 Å². The monoisotopic (exact) mass is 343 g/mol. The molecule has 4 aromatic rings. The molecular formula is C19H13N5O2. The number of nitrogens with zero attached hydrogens (tertiary/aromatic N) is 2. The van der Waals surface area contributed by atoms with Crippen molar-refractivity contribution in [3.63, 3.8) is 0 Å². The molecule has 1 aromatic carbocycles. The van der Waals surface area contributed by atoms with Gasteiger partial charge in [-0.15, -0.1) is 0 Å². The number of anilines is 2. The van der Waals surface area contributed by atoms with E-state index >= 15 is 0 Å². The molecule has 4 heterocycles. The van der Waals surface area contributed by atoms with Crippen LogP contribution in [0.3, 0.4) is 0 Å². The number of fused-ring (bicyclic) bond motifs is 2. The van der Waals surface area contributed by atoms with Crippen LogP contribution in [0.1, 0.15) is 5.56 Å². The Kier molecular flexibility index (Phi) is 3.11. The summed E-state index contributed by atoms with van der Waals surface area (Å²) in [5.41, 5.74) is 3.78. The maximum absolute atomic E-state index is 12.3. The average molecular weight is 343 g/mol. The summed E-state index contributed by atoms with van der Waals surface area (Å²) in [7, 11) is 0. The van der Waals surface area contributed by atoms with Crippen LogP contribution in [0, 0.1) is 0 Å². The lowest BCUT2D eigenvalue weighted by atomic mass is 10.1. The number of aromatic amines is 1. The van der Waals surface area contributed by atoms with Crippen molar-refractivity contribution >= 4 is 34.3 Å². The lowest BCUT2D eigenvalue weighted by molar-refractivity contribution is -0.110. The van der Waals surface area contributed by atoms with Gasteiger partial charge in [-0.2, -0.15) is 0 Å². The molecule has 1 aliphatic rings. The number of nitrogens with one attached hydrogen (secondary N) is 3. The quantitative estimate of drug-likeness (QED) is 0.494. The van der Waals surface area contributed by atoms with Gasteiger partial charge in [0.05, 0.1) is 22.9 Å². The molecule has 7 heteroatoms. The predicted octanol–water partition coefficient (Wildman–Crippen LogP) is 3.62. The molecule has 3 N–H and O–H groups in total. The van der Waals surface area contributed by atoms with Crippen LogP contribution < -0.4 is 10.6 Å². The number of H-pyrrole nitrogens is 1. The fourth-order valence-electron chi connectivity index (χ4n) is 2.95. The van der Waals surface area contributed by atoms with Crippen molar-refractivity contribution in [2.75, 3.05) is 10.6 Å². The fraction of sp³-hybridized carbons (Fsp3) is 0. The normalized spacial score (nSPS) is 14.6. The van der Waals surface area contributed by atoms with E-state index in [2.05, 4.69) is 25.6 Å². The van der Waals surface area contributed by atoms with Gasteiger partial charge in [0.1, 0.15) is 11.6 Å². The molecule has 1 amide bonds. The minimum absolute atomic E-state index is 0.215. The molecule has 0 spiro atoms. The Morgan fingerprint density at radius 1 is 1.15 bits per heavy atom. The number of carbonyl (C=O) groups is 1. The van der Waals surface area contributed by atoms with E-state index in [1.807, 2.05) is 42.5 Å². The van der Waals surface area contributed by atoms with Crippen LogP contribution in [0.25, 0.3) is 27.9 Å². The minimum Gasteiger partial charge on any atom is -0.464 e. The van der Waals surface area contributed by atoms with Crippen molar-refractivity contribution in [3.05, 3.63) is 66.7 Å². The predicted molar refractivity (Wildman–Crippen MR) is 98.3 cm³/mol. The molecular weight excluding hydrogens is 330 g/mol. The van der Waals surface area contributed by atoms with Crippen LogP contribution >= 0.6 is 0 Å². The topological polar surface area (TPSA) is 95.8 Å². The summed E-state index contributed by atoms with van der Waals surface area (Å²) in [6.45, 7) is 0. The summed E-state index contributed by atoms with van der Waals surface area (Å²) in [6.07, 6.45) is 4.91. The second-order valence-corrected chi connectivity index (χ2v) is 5.86. The SMILES string of the molecule is O=C1Nc2ncc(-c3ccco3)cc2C1=CNc1nc2ccccc2[nH]1. The third-order valence-corrected chi connectivity index (χ3v) is 4.20. The van der Waals surface area contributed by atoms with Crippen molar-refractivity contribution in [1.82, 2.24) is 15.0 Å². The van der Waals surface area contributed by atoms with Gasteiger partial charge in [-0.05, 0) is 30.3 Å². The zero-order chi connectivity index (χ0) is 17.5. The van der Waals surface area contributed by atoms with Crippen molar-refractivity contribution in [3.8, 4) is 11.3 Å². The molecule has 3 aromatic heterocycles. The zero-order valence-corrected chi connectivity index (χ0v) is 13.5. The van der Waals surface area contributed by atoms with Crippen LogP contribution in [-0.2, 0) is 4.79 Å². The molecule has 126 valence electrons. The van der Waals surface area contributed by atoms with Gasteiger partial charge < -0.3 is 20.0 Å². The Hall–Kier alpha value is -3.87. The maximum Gasteiger partial charge on any atom is 0.259 e. The number of pyridine rings is 1. The van der Waals surface area contributed by atoms with Gasteiger partial charge in [0.25, 0.3) is 5.91 Å². The Labute approximate surface area is 147 Å². The van der Waals surface area contributed by atoms with Crippen LogP contribution in [0.2, 0.25) is 0 Å². The first kappa shape index (κ1) is 14.5. The highest BCUT2D eigenvalue weighted by atomic mass is 16.3. The molecule has 0 saturated heterocycles. The number of furan rings is 1. The first-order valence-corrected chi connectivity index (χ1v) is 8.05. The highest BCUT2D eigenvalue weighted by Crippen LogP contribution is 2.33. The highest BCUT2D eigenvalue weighted by molar-refractivity contribution is 6.31. The van der Waals surface area contributed by atoms with E-state index in [4.69, 9.17) is 4.42 Å². The largest absolute Gasteiger partial charge is 0.464 e. The van der Waals surface area contributed by atoms with E-state index in [0.717, 1.165) is 16.6 Å². The van der Waals surface area contributed by atoms with Gasteiger partial charge in [0.2, 0.25) is 5.95 Å². The molecule has 0 unspecified atom stereocenters. The lowest BCUT2D eigenvalue weighted by Crippen LogP contribution is -2.05. The van der Waals surface area contributed by atoms with Gasteiger partial charge in [0, 0.05) is 23.5 Å². The van der Waals surface area contributed by atoms with Crippen LogP contribution in [-0.4, -0.2) is 20.9 Å². The molecule has 0 fully saturated rings.